The monoisotopic (exact) mass is 388 g/mol. The van der Waals surface area contributed by atoms with Crippen LogP contribution in [0.4, 0.5) is 0 Å². The first-order chi connectivity index (χ1) is 11.8. The number of nitrogens with zero attached hydrogens (tertiary/aromatic N) is 1. The molecule has 7 heteroatoms. The fraction of sp³-hybridized carbons (Fsp3) is 0.632. The van der Waals surface area contributed by atoms with Gasteiger partial charge in [-0.1, -0.05) is 13.8 Å². The van der Waals surface area contributed by atoms with E-state index >= 15 is 0 Å². The third-order valence-corrected chi connectivity index (χ3v) is 3.72. The maximum Gasteiger partial charge on any atom is 0.253 e. The highest BCUT2D eigenvalue weighted by Crippen LogP contribution is 2.39. The molecule has 0 saturated heterocycles. The first-order valence-corrected chi connectivity index (χ1v) is 8.81. The molecule has 0 bridgehead atoms. The highest BCUT2D eigenvalue weighted by atomic mass is 35.5. The van der Waals surface area contributed by atoms with Crippen molar-refractivity contribution in [1.82, 2.24) is 4.90 Å². The van der Waals surface area contributed by atoms with Crippen LogP contribution in [-0.4, -0.2) is 50.8 Å². The van der Waals surface area contributed by atoms with Gasteiger partial charge in [0.1, 0.15) is 0 Å². The van der Waals surface area contributed by atoms with E-state index < -0.39 is 0 Å². The van der Waals surface area contributed by atoms with Gasteiger partial charge in [0.2, 0.25) is 5.75 Å². The van der Waals surface area contributed by atoms with Crippen molar-refractivity contribution in [2.75, 3.05) is 40.0 Å². The summed E-state index contributed by atoms with van der Waals surface area (Å²) in [6, 6.07) is 3.43. The molecule has 1 amide bonds. The maximum absolute atomic E-state index is 12.9. The number of hydrogen-bond acceptors (Lipinski definition) is 5. The van der Waals surface area contributed by atoms with Crippen molar-refractivity contribution in [3.05, 3.63) is 17.7 Å². The minimum Gasteiger partial charge on any atom is -0.490 e. The molecular formula is C19H33ClN2O4. The molecule has 0 aliphatic rings. The normalized spacial score (nSPS) is 10.7. The minimum atomic E-state index is -0.152. The summed E-state index contributed by atoms with van der Waals surface area (Å²) in [5, 5.41) is 0. The average molecular weight is 389 g/mol. The molecule has 150 valence electrons. The van der Waals surface area contributed by atoms with Crippen molar-refractivity contribution in [3.8, 4) is 17.2 Å². The lowest BCUT2D eigenvalue weighted by Crippen LogP contribution is -2.39. The first kappa shape index (κ1) is 24.3. The van der Waals surface area contributed by atoms with Gasteiger partial charge in [-0.25, -0.2) is 0 Å². The molecule has 0 spiro atoms. The molecule has 0 saturated carbocycles. The van der Waals surface area contributed by atoms with E-state index in [0.717, 1.165) is 0 Å². The fourth-order valence-electron chi connectivity index (χ4n) is 2.51. The lowest BCUT2D eigenvalue weighted by atomic mass is 9.93. The van der Waals surface area contributed by atoms with Crippen molar-refractivity contribution in [3.63, 3.8) is 0 Å². The number of carbonyl (C=O) groups is 1. The summed E-state index contributed by atoms with van der Waals surface area (Å²) in [6.07, 6.45) is 0. The van der Waals surface area contributed by atoms with Crippen LogP contribution in [0.5, 0.6) is 17.2 Å². The zero-order valence-corrected chi connectivity index (χ0v) is 17.6. The summed E-state index contributed by atoms with van der Waals surface area (Å²) >= 11 is 0. The van der Waals surface area contributed by atoms with Crippen molar-refractivity contribution in [1.29, 1.82) is 0 Å². The number of carbonyl (C=O) groups excluding carboxylic acids is 1. The molecule has 0 aliphatic heterocycles. The van der Waals surface area contributed by atoms with Crippen molar-refractivity contribution >= 4 is 18.3 Å². The van der Waals surface area contributed by atoms with Gasteiger partial charge in [0.15, 0.2) is 11.5 Å². The Morgan fingerprint density at radius 1 is 1.04 bits per heavy atom. The number of ether oxygens (including phenoxy) is 3. The molecule has 1 aromatic rings. The predicted octanol–water partition coefficient (Wildman–Crippen LogP) is 3.36. The number of rotatable bonds is 10. The summed E-state index contributed by atoms with van der Waals surface area (Å²) < 4.78 is 17.0. The van der Waals surface area contributed by atoms with Crippen LogP contribution >= 0.6 is 12.4 Å². The summed E-state index contributed by atoms with van der Waals surface area (Å²) in [7, 11) is 1.77. The van der Waals surface area contributed by atoms with Gasteiger partial charge in [-0.15, -0.1) is 12.4 Å². The van der Waals surface area contributed by atoms with Gasteiger partial charge in [-0.2, -0.15) is 0 Å². The van der Waals surface area contributed by atoms with E-state index in [4.69, 9.17) is 19.9 Å². The average Bonchev–Trinajstić information content (AvgIpc) is 2.56. The molecular weight excluding hydrogens is 356 g/mol. The second-order valence-corrected chi connectivity index (χ2v) is 6.63. The van der Waals surface area contributed by atoms with Crippen LogP contribution in [0.25, 0.3) is 0 Å². The Bertz CT molecular complexity index is 552. The lowest BCUT2D eigenvalue weighted by molar-refractivity contribution is 0.0739. The summed E-state index contributed by atoms with van der Waals surface area (Å²) in [6.45, 7) is 12.2. The van der Waals surface area contributed by atoms with Crippen LogP contribution in [0, 0.1) is 5.41 Å². The molecule has 0 atom stereocenters. The Balaban J connectivity index is 0.00000625. The number of halogens is 1. The molecule has 0 unspecified atom stereocenters. The fourth-order valence-corrected chi connectivity index (χ4v) is 2.51. The van der Waals surface area contributed by atoms with Gasteiger partial charge in [0.25, 0.3) is 5.91 Å². The Hall–Kier alpha value is -1.66. The molecule has 0 aromatic heterocycles. The molecule has 0 aliphatic carbocycles. The molecule has 0 heterocycles. The molecule has 1 rings (SSSR count). The van der Waals surface area contributed by atoms with Crippen molar-refractivity contribution in [2.24, 2.45) is 11.1 Å². The van der Waals surface area contributed by atoms with Gasteiger partial charge in [0.05, 0.1) is 19.8 Å². The summed E-state index contributed by atoms with van der Waals surface area (Å²) in [5.74, 6) is 1.47. The van der Waals surface area contributed by atoms with E-state index in [1.807, 2.05) is 34.6 Å². The van der Waals surface area contributed by atoms with Gasteiger partial charge in [-0.3, -0.25) is 4.79 Å². The molecule has 26 heavy (non-hydrogen) atoms. The Morgan fingerprint density at radius 2 is 1.50 bits per heavy atom. The van der Waals surface area contributed by atoms with Crippen LogP contribution in [0.3, 0.4) is 0 Å². The van der Waals surface area contributed by atoms with E-state index in [9.17, 15) is 4.79 Å². The number of benzene rings is 1. The van der Waals surface area contributed by atoms with Crippen molar-refractivity contribution in [2.45, 2.75) is 34.6 Å². The third kappa shape index (κ3) is 6.57. The molecule has 6 nitrogen and oxygen atoms in total. The summed E-state index contributed by atoms with van der Waals surface area (Å²) in [4.78, 5) is 14.5. The predicted molar refractivity (Wildman–Crippen MR) is 107 cm³/mol. The van der Waals surface area contributed by atoms with Gasteiger partial charge in [0, 0.05) is 19.2 Å². The largest absolute Gasteiger partial charge is 0.490 e. The third-order valence-electron chi connectivity index (χ3n) is 3.72. The Labute approximate surface area is 163 Å². The van der Waals surface area contributed by atoms with Gasteiger partial charge in [-0.05, 0) is 44.9 Å². The standard InChI is InChI=1S/C19H32N2O4.ClH/c1-7-23-15-10-14(11-16(24-8-2)17(15)25-9-3)18(22)21(6)13-19(4,5)12-20;/h10-11H,7-9,12-13,20H2,1-6H3;1H. The number of hydrogen-bond donors (Lipinski definition) is 1. The van der Waals surface area contributed by atoms with Gasteiger partial charge < -0.3 is 24.8 Å². The minimum absolute atomic E-state index is 0. The topological polar surface area (TPSA) is 74.0 Å². The molecule has 0 fully saturated rings. The van der Waals surface area contributed by atoms with E-state index in [0.29, 0.717) is 55.7 Å². The Kier molecular flexibility index (Phi) is 10.4. The molecule has 2 N–H and O–H groups in total. The van der Waals surface area contributed by atoms with Crippen LogP contribution in [-0.2, 0) is 0 Å². The van der Waals surface area contributed by atoms with Crippen LogP contribution in [0.2, 0.25) is 0 Å². The zero-order chi connectivity index (χ0) is 19.0. The number of nitrogens with two attached hydrogens (primary N) is 1. The SMILES string of the molecule is CCOc1cc(C(=O)N(C)CC(C)(C)CN)cc(OCC)c1OCC.Cl. The van der Waals surface area contributed by atoms with Crippen LogP contribution < -0.4 is 19.9 Å². The van der Waals surface area contributed by atoms with Crippen molar-refractivity contribution < 1.29 is 19.0 Å². The van der Waals surface area contributed by atoms with Gasteiger partial charge >= 0.3 is 0 Å². The second-order valence-electron chi connectivity index (χ2n) is 6.63. The quantitative estimate of drug-likeness (QED) is 0.665. The highest BCUT2D eigenvalue weighted by molar-refractivity contribution is 5.95. The van der Waals surface area contributed by atoms with E-state index in [2.05, 4.69) is 0 Å². The number of amides is 1. The molecule has 1 aromatic carbocycles. The lowest BCUT2D eigenvalue weighted by Gasteiger charge is -2.29. The molecule has 0 radical (unpaired) electrons. The highest BCUT2D eigenvalue weighted by Gasteiger charge is 2.24. The van der Waals surface area contributed by atoms with E-state index in [-0.39, 0.29) is 23.7 Å². The zero-order valence-electron chi connectivity index (χ0n) is 16.8. The van der Waals surface area contributed by atoms with E-state index in [1.165, 1.54) is 0 Å². The first-order valence-electron chi connectivity index (χ1n) is 8.81. The second kappa shape index (κ2) is 11.1. The van der Waals surface area contributed by atoms with Crippen LogP contribution in [0.1, 0.15) is 45.0 Å². The Morgan fingerprint density at radius 3 is 1.88 bits per heavy atom. The summed E-state index contributed by atoms with van der Waals surface area (Å²) in [5.41, 5.74) is 6.13. The smallest absolute Gasteiger partial charge is 0.253 e. The van der Waals surface area contributed by atoms with Crippen LogP contribution in [0.15, 0.2) is 12.1 Å². The maximum atomic E-state index is 12.9. The van der Waals surface area contributed by atoms with E-state index in [1.54, 1.807) is 24.1 Å².